The lowest BCUT2D eigenvalue weighted by atomic mass is 10.1. The van der Waals surface area contributed by atoms with E-state index < -0.39 is 0 Å². The molecule has 0 bridgehead atoms. The van der Waals surface area contributed by atoms with Crippen LogP contribution in [0.15, 0.2) is 18.2 Å². The Bertz CT molecular complexity index is 375. The van der Waals surface area contributed by atoms with Gasteiger partial charge in [-0.1, -0.05) is 0 Å². The summed E-state index contributed by atoms with van der Waals surface area (Å²) in [5.74, 6) is 0.157. The molecule has 1 saturated heterocycles. The normalized spacial score (nSPS) is 15.5. The molecule has 0 amide bonds. The Morgan fingerprint density at radius 2 is 2.00 bits per heavy atom. The van der Waals surface area contributed by atoms with Gasteiger partial charge in [0.05, 0.1) is 11.3 Å². The standard InChI is InChI=1S/C11H12N2O/c12-8-9-7-10(14)3-4-11(9)13-5-1-2-6-13/h3-4,7,14H,1-2,5-6H2. The van der Waals surface area contributed by atoms with E-state index in [1.54, 1.807) is 6.07 Å². The molecule has 1 heterocycles. The molecule has 1 aliphatic rings. The van der Waals surface area contributed by atoms with Crippen molar-refractivity contribution in [2.24, 2.45) is 0 Å². The molecule has 0 unspecified atom stereocenters. The third-order valence-corrected chi connectivity index (χ3v) is 2.55. The van der Waals surface area contributed by atoms with E-state index in [4.69, 9.17) is 5.26 Å². The Kier molecular flexibility index (Phi) is 2.28. The number of phenolic OH excluding ortho intramolecular Hbond substituents is 1. The molecule has 14 heavy (non-hydrogen) atoms. The number of benzene rings is 1. The van der Waals surface area contributed by atoms with Gasteiger partial charge in [0.25, 0.3) is 0 Å². The zero-order valence-electron chi connectivity index (χ0n) is 7.90. The predicted octanol–water partition coefficient (Wildman–Crippen LogP) is 1.86. The van der Waals surface area contributed by atoms with Crippen molar-refractivity contribution in [2.75, 3.05) is 18.0 Å². The zero-order valence-corrected chi connectivity index (χ0v) is 7.90. The van der Waals surface area contributed by atoms with Gasteiger partial charge in [-0.25, -0.2) is 0 Å². The van der Waals surface area contributed by atoms with E-state index in [2.05, 4.69) is 11.0 Å². The highest BCUT2D eigenvalue weighted by Gasteiger charge is 2.15. The van der Waals surface area contributed by atoms with Crippen molar-refractivity contribution < 1.29 is 5.11 Å². The molecule has 1 aliphatic heterocycles. The van der Waals surface area contributed by atoms with Gasteiger partial charge in [-0.15, -0.1) is 0 Å². The number of nitrogens with zero attached hydrogens (tertiary/aromatic N) is 2. The molecule has 72 valence electrons. The Morgan fingerprint density at radius 1 is 1.29 bits per heavy atom. The molecular weight excluding hydrogens is 176 g/mol. The Balaban J connectivity index is 2.37. The molecule has 0 aromatic heterocycles. The van der Waals surface area contributed by atoms with E-state index >= 15 is 0 Å². The fourth-order valence-corrected chi connectivity index (χ4v) is 1.85. The summed E-state index contributed by atoms with van der Waals surface area (Å²) in [7, 11) is 0. The first-order chi connectivity index (χ1) is 6.81. The third-order valence-electron chi connectivity index (χ3n) is 2.55. The number of anilines is 1. The van der Waals surface area contributed by atoms with Gasteiger partial charge in [-0.05, 0) is 31.0 Å². The van der Waals surface area contributed by atoms with Gasteiger partial charge >= 0.3 is 0 Å². The predicted molar refractivity (Wildman–Crippen MR) is 54.3 cm³/mol. The highest BCUT2D eigenvalue weighted by molar-refractivity contribution is 5.61. The number of hydrogen-bond acceptors (Lipinski definition) is 3. The van der Waals surface area contributed by atoms with Gasteiger partial charge in [0.1, 0.15) is 11.8 Å². The van der Waals surface area contributed by atoms with E-state index in [0.29, 0.717) is 5.56 Å². The number of nitriles is 1. The van der Waals surface area contributed by atoms with E-state index in [0.717, 1.165) is 18.8 Å². The SMILES string of the molecule is N#Cc1cc(O)ccc1N1CCCC1. The maximum atomic E-state index is 9.24. The lowest BCUT2D eigenvalue weighted by Gasteiger charge is -2.18. The molecule has 1 aromatic rings. The number of rotatable bonds is 1. The number of aromatic hydroxyl groups is 1. The summed E-state index contributed by atoms with van der Waals surface area (Å²) >= 11 is 0. The first kappa shape index (κ1) is 8.89. The lowest BCUT2D eigenvalue weighted by Crippen LogP contribution is -2.18. The first-order valence-corrected chi connectivity index (χ1v) is 4.79. The van der Waals surface area contributed by atoms with Gasteiger partial charge in [0.2, 0.25) is 0 Å². The molecule has 2 rings (SSSR count). The van der Waals surface area contributed by atoms with Crippen LogP contribution in [0.25, 0.3) is 0 Å². The average molecular weight is 188 g/mol. The molecule has 1 N–H and O–H groups in total. The van der Waals surface area contributed by atoms with Crippen molar-refractivity contribution in [3.63, 3.8) is 0 Å². The fourth-order valence-electron chi connectivity index (χ4n) is 1.85. The van der Waals surface area contributed by atoms with E-state index in [1.807, 2.05) is 6.07 Å². The van der Waals surface area contributed by atoms with Gasteiger partial charge < -0.3 is 10.0 Å². The summed E-state index contributed by atoms with van der Waals surface area (Å²) in [4.78, 5) is 2.19. The summed E-state index contributed by atoms with van der Waals surface area (Å²) in [5, 5.41) is 18.2. The Hall–Kier alpha value is -1.69. The zero-order chi connectivity index (χ0) is 9.97. The molecule has 0 spiro atoms. The minimum atomic E-state index is 0.157. The number of phenols is 1. The molecule has 3 heteroatoms. The van der Waals surface area contributed by atoms with Crippen LogP contribution >= 0.6 is 0 Å². The van der Waals surface area contributed by atoms with Gasteiger partial charge in [-0.3, -0.25) is 0 Å². The highest BCUT2D eigenvalue weighted by atomic mass is 16.3. The van der Waals surface area contributed by atoms with Gasteiger partial charge in [0, 0.05) is 13.1 Å². The van der Waals surface area contributed by atoms with Crippen molar-refractivity contribution in [3.05, 3.63) is 23.8 Å². The van der Waals surface area contributed by atoms with Crippen LogP contribution in [0.1, 0.15) is 18.4 Å². The quantitative estimate of drug-likeness (QED) is 0.731. The van der Waals surface area contributed by atoms with Gasteiger partial charge in [-0.2, -0.15) is 5.26 Å². The van der Waals surface area contributed by atoms with Crippen LogP contribution in [0.4, 0.5) is 5.69 Å². The molecule has 0 saturated carbocycles. The van der Waals surface area contributed by atoms with E-state index in [-0.39, 0.29) is 5.75 Å². The second kappa shape index (κ2) is 3.59. The van der Waals surface area contributed by atoms with Crippen LogP contribution in [0.2, 0.25) is 0 Å². The van der Waals surface area contributed by atoms with Crippen LogP contribution in [0.3, 0.4) is 0 Å². The average Bonchev–Trinajstić information content (AvgIpc) is 2.70. The second-order valence-corrected chi connectivity index (χ2v) is 3.51. The first-order valence-electron chi connectivity index (χ1n) is 4.79. The van der Waals surface area contributed by atoms with Crippen LogP contribution in [0.5, 0.6) is 5.75 Å². The minimum absolute atomic E-state index is 0.157. The molecule has 0 radical (unpaired) electrons. The third kappa shape index (κ3) is 1.51. The van der Waals surface area contributed by atoms with Gasteiger partial charge in [0.15, 0.2) is 0 Å². The molecule has 0 aliphatic carbocycles. The summed E-state index contributed by atoms with van der Waals surface area (Å²) in [5.41, 5.74) is 1.51. The van der Waals surface area contributed by atoms with Crippen molar-refractivity contribution in [2.45, 2.75) is 12.8 Å². The maximum absolute atomic E-state index is 9.24. The summed E-state index contributed by atoms with van der Waals surface area (Å²) in [6.07, 6.45) is 2.37. The smallest absolute Gasteiger partial charge is 0.117 e. The Labute approximate surface area is 83.2 Å². The highest BCUT2D eigenvalue weighted by Crippen LogP contribution is 2.26. The Morgan fingerprint density at radius 3 is 2.64 bits per heavy atom. The minimum Gasteiger partial charge on any atom is -0.508 e. The van der Waals surface area contributed by atoms with Crippen molar-refractivity contribution in [1.29, 1.82) is 5.26 Å². The fraction of sp³-hybridized carbons (Fsp3) is 0.364. The van der Waals surface area contributed by atoms with Crippen molar-refractivity contribution in [3.8, 4) is 11.8 Å². The van der Waals surface area contributed by atoms with Crippen LogP contribution < -0.4 is 4.90 Å². The number of hydrogen-bond donors (Lipinski definition) is 1. The largest absolute Gasteiger partial charge is 0.508 e. The summed E-state index contributed by atoms with van der Waals surface area (Å²) in [6.45, 7) is 2.03. The summed E-state index contributed by atoms with van der Waals surface area (Å²) < 4.78 is 0. The van der Waals surface area contributed by atoms with Crippen molar-refractivity contribution in [1.82, 2.24) is 0 Å². The van der Waals surface area contributed by atoms with Crippen LogP contribution in [-0.4, -0.2) is 18.2 Å². The van der Waals surface area contributed by atoms with E-state index in [1.165, 1.54) is 18.9 Å². The summed E-state index contributed by atoms with van der Waals surface area (Å²) in [6, 6.07) is 7.09. The molecule has 3 nitrogen and oxygen atoms in total. The molecule has 0 atom stereocenters. The van der Waals surface area contributed by atoms with Crippen molar-refractivity contribution >= 4 is 5.69 Å². The van der Waals surface area contributed by atoms with Crippen LogP contribution in [0, 0.1) is 11.3 Å². The monoisotopic (exact) mass is 188 g/mol. The maximum Gasteiger partial charge on any atom is 0.117 e. The lowest BCUT2D eigenvalue weighted by molar-refractivity contribution is 0.475. The molecule has 1 fully saturated rings. The second-order valence-electron chi connectivity index (χ2n) is 3.51. The topological polar surface area (TPSA) is 47.3 Å². The molecule has 1 aromatic carbocycles. The molecular formula is C11H12N2O. The van der Waals surface area contributed by atoms with Crippen LogP contribution in [-0.2, 0) is 0 Å². The van der Waals surface area contributed by atoms with E-state index in [9.17, 15) is 5.11 Å².